The first kappa shape index (κ1) is 16.1. The van der Waals surface area contributed by atoms with E-state index in [1.54, 1.807) is 0 Å². The maximum absolute atomic E-state index is 6.18. The SMILES string of the molecule is CSCc1cccc2c(C(c3ccc(Cl)cc3C)C3CC3)c[nH]c12. The summed E-state index contributed by atoms with van der Waals surface area (Å²) in [6.45, 7) is 2.19. The van der Waals surface area contributed by atoms with Gasteiger partial charge in [-0.05, 0) is 66.3 Å². The van der Waals surface area contributed by atoms with Crippen LogP contribution >= 0.6 is 23.4 Å². The van der Waals surface area contributed by atoms with Gasteiger partial charge in [0.05, 0.1) is 0 Å². The average Bonchev–Trinajstić information content (AvgIpc) is 3.30. The summed E-state index contributed by atoms with van der Waals surface area (Å²) >= 11 is 8.06. The normalized spacial score (nSPS) is 15.8. The summed E-state index contributed by atoms with van der Waals surface area (Å²) in [6, 6.07) is 13.1. The number of H-pyrrole nitrogens is 1. The van der Waals surface area contributed by atoms with E-state index in [2.05, 4.69) is 54.7 Å². The number of aromatic nitrogens is 1. The number of fused-ring (bicyclic) bond motifs is 1. The Bertz CT molecular complexity index is 879. The first-order valence-corrected chi connectivity index (χ1v) is 10.3. The van der Waals surface area contributed by atoms with Gasteiger partial charge in [0.25, 0.3) is 0 Å². The number of aromatic amines is 1. The van der Waals surface area contributed by atoms with Crippen LogP contribution in [0, 0.1) is 12.8 Å². The number of hydrogen-bond acceptors (Lipinski definition) is 1. The van der Waals surface area contributed by atoms with Gasteiger partial charge in [0.1, 0.15) is 0 Å². The summed E-state index contributed by atoms with van der Waals surface area (Å²) in [4.78, 5) is 3.57. The number of halogens is 1. The van der Waals surface area contributed by atoms with Crippen LogP contribution in [0.15, 0.2) is 42.6 Å². The Kier molecular flexibility index (Phi) is 4.36. The van der Waals surface area contributed by atoms with Gasteiger partial charge in [-0.3, -0.25) is 0 Å². The Labute approximate surface area is 152 Å². The highest BCUT2D eigenvalue weighted by molar-refractivity contribution is 7.97. The molecule has 0 aliphatic heterocycles. The lowest BCUT2D eigenvalue weighted by Gasteiger charge is -2.19. The fraction of sp³-hybridized carbons (Fsp3) is 0.333. The molecule has 124 valence electrons. The smallest absolute Gasteiger partial charge is 0.0498 e. The zero-order valence-corrected chi connectivity index (χ0v) is 15.7. The molecule has 2 aromatic carbocycles. The molecule has 0 bridgehead atoms. The van der Waals surface area contributed by atoms with Crippen molar-refractivity contribution in [2.24, 2.45) is 5.92 Å². The van der Waals surface area contributed by atoms with Crippen molar-refractivity contribution < 1.29 is 0 Å². The number of rotatable bonds is 5. The van der Waals surface area contributed by atoms with Gasteiger partial charge in [-0.1, -0.05) is 35.9 Å². The van der Waals surface area contributed by atoms with E-state index in [-0.39, 0.29) is 0 Å². The topological polar surface area (TPSA) is 15.8 Å². The minimum atomic E-state index is 0.473. The van der Waals surface area contributed by atoms with E-state index in [1.165, 1.54) is 46.0 Å². The number of aryl methyl sites for hydroxylation is 1. The summed E-state index contributed by atoms with van der Waals surface area (Å²) in [5.74, 6) is 2.28. The molecule has 0 amide bonds. The molecule has 0 saturated heterocycles. The van der Waals surface area contributed by atoms with Crippen molar-refractivity contribution in [1.29, 1.82) is 0 Å². The Morgan fingerprint density at radius 2 is 2.04 bits per heavy atom. The summed E-state index contributed by atoms with van der Waals surface area (Å²) < 4.78 is 0. The van der Waals surface area contributed by atoms with Gasteiger partial charge in [0.15, 0.2) is 0 Å². The molecule has 0 radical (unpaired) electrons. The highest BCUT2D eigenvalue weighted by Crippen LogP contribution is 2.49. The molecule has 1 aliphatic rings. The molecule has 1 aromatic heterocycles. The molecule has 1 heterocycles. The maximum Gasteiger partial charge on any atom is 0.0498 e. The van der Waals surface area contributed by atoms with Gasteiger partial charge < -0.3 is 4.98 Å². The Balaban J connectivity index is 1.85. The third kappa shape index (κ3) is 2.87. The van der Waals surface area contributed by atoms with Gasteiger partial charge in [-0.2, -0.15) is 11.8 Å². The average molecular weight is 356 g/mol. The fourth-order valence-electron chi connectivity index (χ4n) is 3.86. The lowest BCUT2D eigenvalue weighted by atomic mass is 9.84. The second kappa shape index (κ2) is 6.50. The van der Waals surface area contributed by atoms with Crippen LogP contribution in [0.3, 0.4) is 0 Å². The Morgan fingerprint density at radius 3 is 2.75 bits per heavy atom. The molecule has 1 fully saturated rings. The summed E-state index contributed by atoms with van der Waals surface area (Å²) in [5, 5.41) is 2.21. The molecular formula is C21H22ClNS. The van der Waals surface area contributed by atoms with Gasteiger partial charge in [0.2, 0.25) is 0 Å². The standard InChI is InChI=1S/C21H22ClNS/c1-13-10-16(22)8-9-17(13)20(14-6-7-14)19-11-23-21-15(12-24-2)4-3-5-18(19)21/h3-5,8-11,14,20,23H,6-7,12H2,1-2H3. The van der Waals surface area contributed by atoms with Crippen LogP contribution in [-0.4, -0.2) is 11.2 Å². The van der Waals surface area contributed by atoms with Crippen molar-refractivity contribution in [3.05, 3.63) is 69.9 Å². The summed E-state index contributed by atoms with van der Waals surface area (Å²) in [5.41, 5.74) is 6.88. The zero-order valence-electron chi connectivity index (χ0n) is 14.1. The fourth-order valence-corrected chi connectivity index (χ4v) is 4.64. The molecule has 0 spiro atoms. The van der Waals surface area contributed by atoms with E-state index in [0.717, 1.165) is 16.7 Å². The molecule has 3 heteroatoms. The van der Waals surface area contributed by atoms with Gasteiger partial charge in [0, 0.05) is 33.8 Å². The number of thioether (sulfide) groups is 1. The highest BCUT2D eigenvalue weighted by atomic mass is 35.5. The van der Waals surface area contributed by atoms with E-state index in [1.807, 2.05) is 17.8 Å². The van der Waals surface area contributed by atoms with E-state index in [9.17, 15) is 0 Å². The molecular weight excluding hydrogens is 334 g/mol. The van der Waals surface area contributed by atoms with Crippen LogP contribution < -0.4 is 0 Å². The second-order valence-electron chi connectivity index (χ2n) is 6.83. The maximum atomic E-state index is 6.18. The molecule has 24 heavy (non-hydrogen) atoms. The predicted octanol–water partition coefficient (Wildman–Crippen LogP) is 6.53. The minimum absolute atomic E-state index is 0.473. The number of hydrogen-bond donors (Lipinski definition) is 1. The first-order chi connectivity index (χ1) is 11.7. The lowest BCUT2D eigenvalue weighted by Crippen LogP contribution is -2.05. The van der Waals surface area contributed by atoms with E-state index < -0.39 is 0 Å². The van der Waals surface area contributed by atoms with E-state index >= 15 is 0 Å². The van der Waals surface area contributed by atoms with Crippen molar-refractivity contribution in [2.45, 2.75) is 31.4 Å². The van der Waals surface area contributed by atoms with Gasteiger partial charge >= 0.3 is 0 Å². The molecule has 1 saturated carbocycles. The number of benzene rings is 2. The second-order valence-corrected chi connectivity index (χ2v) is 8.14. The lowest BCUT2D eigenvalue weighted by molar-refractivity contribution is 0.704. The van der Waals surface area contributed by atoms with Crippen molar-refractivity contribution in [3.8, 4) is 0 Å². The largest absolute Gasteiger partial charge is 0.361 e. The number of nitrogens with one attached hydrogen (secondary N) is 1. The summed E-state index contributed by atoms with van der Waals surface area (Å²) in [6.07, 6.45) is 7.05. The zero-order chi connectivity index (χ0) is 16.7. The van der Waals surface area contributed by atoms with Crippen LogP contribution in [0.2, 0.25) is 5.02 Å². The molecule has 1 aliphatic carbocycles. The highest BCUT2D eigenvalue weighted by Gasteiger charge is 2.35. The van der Waals surface area contributed by atoms with Crippen molar-refractivity contribution in [2.75, 3.05) is 6.26 Å². The monoisotopic (exact) mass is 355 g/mol. The number of para-hydroxylation sites is 1. The minimum Gasteiger partial charge on any atom is -0.361 e. The quantitative estimate of drug-likeness (QED) is 0.549. The van der Waals surface area contributed by atoms with Gasteiger partial charge in [-0.25, -0.2) is 0 Å². The van der Waals surface area contributed by atoms with Gasteiger partial charge in [-0.15, -0.1) is 0 Å². The molecule has 4 rings (SSSR count). The van der Waals surface area contributed by atoms with Crippen LogP contribution in [0.4, 0.5) is 0 Å². The first-order valence-electron chi connectivity index (χ1n) is 8.53. The Morgan fingerprint density at radius 1 is 1.21 bits per heavy atom. The van der Waals surface area contributed by atoms with E-state index in [0.29, 0.717) is 5.92 Å². The van der Waals surface area contributed by atoms with Crippen LogP contribution in [0.1, 0.15) is 41.0 Å². The van der Waals surface area contributed by atoms with Crippen LogP contribution in [0.25, 0.3) is 10.9 Å². The van der Waals surface area contributed by atoms with E-state index in [4.69, 9.17) is 11.6 Å². The molecule has 1 atom stereocenters. The van der Waals surface area contributed by atoms with Crippen LogP contribution in [0.5, 0.6) is 0 Å². The predicted molar refractivity (Wildman–Crippen MR) is 106 cm³/mol. The van der Waals surface area contributed by atoms with Crippen molar-refractivity contribution >= 4 is 34.3 Å². The molecule has 1 nitrogen and oxygen atoms in total. The summed E-state index contributed by atoms with van der Waals surface area (Å²) in [7, 11) is 0. The molecule has 3 aromatic rings. The Hall–Kier alpha value is -1.38. The van der Waals surface area contributed by atoms with Crippen molar-refractivity contribution in [1.82, 2.24) is 4.98 Å². The van der Waals surface area contributed by atoms with Crippen LogP contribution in [-0.2, 0) is 5.75 Å². The molecule has 1 unspecified atom stereocenters. The third-order valence-corrected chi connectivity index (χ3v) is 5.96. The third-order valence-electron chi connectivity index (χ3n) is 5.13. The molecule has 1 N–H and O–H groups in total. The van der Waals surface area contributed by atoms with Crippen molar-refractivity contribution in [3.63, 3.8) is 0 Å².